The monoisotopic (exact) mass is 255 g/mol. The first-order chi connectivity index (χ1) is 9.20. The molecule has 0 unspecified atom stereocenters. The highest BCUT2D eigenvalue weighted by Crippen LogP contribution is 2.09. The lowest BCUT2D eigenvalue weighted by atomic mass is 10.1. The molecule has 2 aromatic heterocycles. The van der Waals surface area contributed by atoms with E-state index >= 15 is 0 Å². The van der Waals surface area contributed by atoms with Gasteiger partial charge in [0.25, 0.3) is 0 Å². The lowest BCUT2D eigenvalue weighted by molar-refractivity contribution is 0.627. The fraction of sp³-hybridized carbons (Fsp3) is 0.200. The third-order valence-electron chi connectivity index (χ3n) is 3.09. The van der Waals surface area contributed by atoms with E-state index in [0.717, 1.165) is 29.9 Å². The zero-order valence-corrected chi connectivity index (χ0v) is 10.7. The van der Waals surface area contributed by atoms with E-state index in [1.807, 2.05) is 25.3 Å². The van der Waals surface area contributed by atoms with Crippen molar-refractivity contribution in [3.8, 4) is 0 Å². The minimum atomic E-state index is -0.204. The van der Waals surface area contributed by atoms with Crippen LogP contribution < -0.4 is 0 Å². The van der Waals surface area contributed by atoms with Crippen LogP contribution in [0.2, 0.25) is 0 Å². The van der Waals surface area contributed by atoms with Gasteiger partial charge in [-0.05, 0) is 48.7 Å². The zero-order valence-electron chi connectivity index (χ0n) is 10.7. The molecule has 0 N–H and O–H groups in total. The van der Waals surface area contributed by atoms with Crippen LogP contribution in [0.3, 0.4) is 0 Å². The first kappa shape index (κ1) is 11.8. The molecule has 2 heterocycles. The van der Waals surface area contributed by atoms with Crippen molar-refractivity contribution in [1.29, 1.82) is 0 Å². The van der Waals surface area contributed by atoms with Crippen LogP contribution in [-0.4, -0.2) is 14.6 Å². The molecule has 4 heteroatoms. The van der Waals surface area contributed by atoms with Crippen molar-refractivity contribution in [3.63, 3.8) is 0 Å². The molecular formula is C15H14FN3. The number of rotatable bonds is 3. The Morgan fingerprint density at radius 2 is 1.89 bits per heavy atom. The molecule has 0 aliphatic carbocycles. The number of nitrogens with zero attached hydrogens (tertiary/aromatic N) is 3. The normalized spacial score (nSPS) is 11.1. The Morgan fingerprint density at radius 1 is 1.11 bits per heavy atom. The van der Waals surface area contributed by atoms with Crippen LogP contribution in [0.5, 0.6) is 0 Å². The maximum absolute atomic E-state index is 12.8. The van der Waals surface area contributed by atoms with Crippen molar-refractivity contribution in [2.45, 2.75) is 19.8 Å². The Morgan fingerprint density at radius 3 is 2.68 bits per heavy atom. The minimum absolute atomic E-state index is 0.204. The molecule has 0 fully saturated rings. The van der Waals surface area contributed by atoms with Gasteiger partial charge in [0.2, 0.25) is 0 Å². The summed E-state index contributed by atoms with van der Waals surface area (Å²) < 4.78 is 14.6. The number of aryl methyl sites for hydroxylation is 3. The molecule has 0 amide bonds. The third-order valence-corrected chi connectivity index (χ3v) is 3.09. The number of fused-ring (bicyclic) bond motifs is 1. The van der Waals surface area contributed by atoms with E-state index in [1.54, 1.807) is 16.6 Å². The molecule has 0 bridgehead atoms. The van der Waals surface area contributed by atoms with Crippen LogP contribution in [0.15, 0.2) is 42.6 Å². The van der Waals surface area contributed by atoms with E-state index in [0.29, 0.717) is 0 Å². The predicted molar refractivity (Wildman–Crippen MR) is 71.5 cm³/mol. The number of benzene rings is 1. The molecule has 0 radical (unpaired) electrons. The van der Waals surface area contributed by atoms with Crippen molar-refractivity contribution < 1.29 is 4.39 Å². The molecule has 19 heavy (non-hydrogen) atoms. The fourth-order valence-corrected chi connectivity index (χ4v) is 2.04. The van der Waals surface area contributed by atoms with Crippen LogP contribution >= 0.6 is 0 Å². The van der Waals surface area contributed by atoms with Gasteiger partial charge in [-0.1, -0.05) is 12.1 Å². The summed E-state index contributed by atoms with van der Waals surface area (Å²) in [5.41, 5.74) is 3.13. The molecule has 1 aromatic carbocycles. The molecule has 0 aliphatic heterocycles. The predicted octanol–water partition coefficient (Wildman–Crippen LogP) is 2.96. The second-order valence-electron chi connectivity index (χ2n) is 4.66. The van der Waals surface area contributed by atoms with Gasteiger partial charge in [0.05, 0.1) is 0 Å². The van der Waals surface area contributed by atoms with E-state index < -0.39 is 0 Å². The Kier molecular flexibility index (Phi) is 2.99. The minimum Gasteiger partial charge on any atom is -0.221 e. The molecule has 0 saturated heterocycles. The van der Waals surface area contributed by atoms with Gasteiger partial charge in [0, 0.05) is 12.6 Å². The van der Waals surface area contributed by atoms with Crippen molar-refractivity contribution in [2.75, 3.05) is 0 Å². The molecule has 96 valence electrons. The van der Waals surface area contributed by atoms with Gasteiger partial charge in [-0.2, -0.15) is 5.10 Å². The maximum atomic E-state index is 12.8. The van der Waals surface area contributed by atoms with E-state index in [1.165, 1.54) is 17.7 Å². The highest BCUT2D eigenvalue weighted by Gasteiger charge is 2.04. The highest BCUT2D eigenvalue weighted by atomic mass is 19.1. The van der Waals surface area contributed by atoms with Gasteiger partial charge in [0.1, 0.15) is 5.82 Å². The van der Waals surface area contributed by atoms with Gasteiger partial charge in [0.15, 0.2) is 11.5 Å². The molecule has 3 rings (SSSR count). The van der Waals surface area contributed by atoms with Crippen molar-refractivity contribution >= 4 is 5.65 Å². The summed E-state index contributed by atoms with van der Waals surface area (Å²) in [6.07, 6.45) is 3.49. The summed E-state index contributed by atoms with van der Waals surface area (Å²) in [5, 5.41) is 4.42. The first-order valence-electron chi connectivity index (χ1n) is 6.27. The standard InChI is InChI=1S/C15H14FN3/c1-11-8-9-19-15(10-11)17-14(18-19)7-4-12-2-5-13(16)6-3-12/h2-3,5-6,8-10H,4,7H2,1H3. The highest BCUT2D eigenvalue weighted by molar-refractivity contribution is 5.40. The van der Waals surface area contributed by atoms with Crippen LogP contribution in [0.4, 0.5) is 4.39 Å². The van der Waals surface area contributed by atoms with E-state index in [-0.39, 0.29) is 5.82 Å². The van der Waals surface area contributed by atoms with Crippen molar-refractivity contribution in [1.82, 2.24) is 14.6 Å². The quantitative estimate of drug-likeness (QED) is 0.720. The van der Waals surface area contributed by atoms with E-state index in [9.17, 15) is 4.39 Å². The Hall–Kier alpha value is -2.23. The van der Waals surface area contributed by atoms with Gasteiger partial charge in [-0.15, -0.1) is 0 Å². The molecule has 0 saturated carbocycles. The summed E-state index contributed by atoms with van der Waals surface area (Å²) in [4.78, 5) is 4.48. The smallest absolute Gasteiger partial charge is 0.155 e. The second-order valence-corrected chi connectivity index (χ2v) is 4.66. The topological polar surface area (TPSA) is 30.2 Å². The Labute approximate surface area is 110 Å². The van der Waals surface area contributed by atoms with Gasteiger partial charge in [-0.3, -0.25) is 0 Å². The SMILES string of the molecule is Cc1ccn2nc(CCc3ccc(F)cc3)nc2c1. The number of aromatic nitrogens is 3. The average Bonchev–Trinajstić information content (AvgIpc) is 2.80. The Balaban J connectivity index is 1.76. The second kappa shape index (κ2) is 4.80. The third kappa shape index (κ3) is 2.62. The van der Waals surface area contributed by atoms with Crippen LogP contribution in [0.1, 0.15) is 17.0 Å². The summed E-state index contributed by atoms with van der Waals surface area (Å²) in [6.45, 7) is 2.03. The van der Waals surface area contributed by atoms with Crippen molar-refractivity contribution in [2.24, 2.45) is 0 Å². The number of hydrogen-bond donors (Lipinski definition) is 0. The zero-order chi connectivity index (χ0) is 13.2. The van der Waals surface area contributed by atoms with Crippen LogP contribution in [-0.2, 0) is 12.8 Å². The summed E-state index contributed by atoms with van der Waals surface area (Å²) in [6, 6.07) is 10.6. The van der Waals surface area contributed by atoms with Gasteiger partial charge >= 0.3 is 0 Å². The molecule has 0 aliphatic rings. The van der Waals surface area contributed by atoms with Crippen molar-refractivity contribution in [3.05, 3.63) is 65.4 Å². The number of hydrogen-bond acceptors (Lipinski definition) is 2. The number of pyridine rings is 1. The van der Waals surface area contributed by atoms with Gasteiger partial charge in [-0.25, -0.2) is 13.9 Å². The molecule has 0 spiro atoms. The lowest BCUT2D eigenvalue weighted by Gasteiger charge is -1.97. The Bertz CT molecular complexity index is 701. The summed E-state index contributed by atoms with van der Waals surface area (Å²) in [7, 11) is 0. The number of halogens is 1. The van der Waals surface area contributed by atoms with Gasteiger partial charge < -0.3 is 0 Å². The average molecular weight is 255 g/mol. The molecule has 0 atom stereocenters. The van der Waals surface area contributed by atoms with E-state index in [4.69, 9.17) is 0 Å². The van der Waals surface area contributed by atoms with E-state index in [2.05, 4.69) is 10.1 Å². The van der Waals surface area contributed by atoms with Crippen LogP contribution in [0.25, 0.3) is 5.65 Å². The largest absolute Gasteiger partial charge is 0.221 e. The summed E-state index contributed by atoms with van der Waals surface area (Å²) in [5.74, 6) is 0.611. The maximum Gasteiger partial charge on any atom is 0.155 e. The summed E-state index contributed by atoms with van der Waals surface area (Å²) >= 11 is 0. The fourth-order valence-electron chi connectivity index (χ4n) is 2.04. The first-order valence-corrected chi connectivity index (χ1v) is 6.27. The lowest BCUT2D eigenvalue weighted by Crippen LogP contribution is -1.94. The molecule has 3 aromatic rings. The molecular weight excluding hydrogens is 241 g/mol. The van der Waals surface area contributed by atoms with Crippen LogP contribution in [0, 0.1) is 12.7 Å². The molecule has 3 nitrogen and oxygen atoms in total.